The Morgan fingerprint density at radius 2 is 1.97 bits per heavy atom. The van der Waals surface area contributed by atoms with Crippen LogP contribution in [-0.2, 0) is 11.2 Å². The van der Waals surface area contributed by atoms with E-state index in [1.807, 2.05) is 42.5 Å². The van der Waals surface area contributed by atoms with Crippen LogP contribution in [0.3, 0.4) is 0 Å². The molecule has 4 nitrogen and oxygen atoms in total. The lowest BCUT2D eigenvalue weighted by Gasteiger charge is -2.25. The second-order valence-corrected chi connectivity index (χ2v) is 10.1. The van der Waals surface area contributed by atoms with Crippen molar-refractivity contribution in [3.63, 3.8) is 0 Å². The summed E-state index contributed by atoms with van der Waals surface area (Å²) in [7, 11) is 1.68. The van der Waals surface area contributed by atoms with Gasteiger partial charge in [-0.15, -0.1) is 6.58 Å². The Morgan fingerprint density at radius 1 is 1.22 bits per heavy atom. The van der Waals surface area contributed by atoms with E-state index in [0.29, 0.717) is 0 Å². The zero-order valence-electron chi connectivity index (χ0n) is 22.3. The van der Waals surface area contributed by atoms with Gasteiger partial charge in [0, 0.05) is 30.1 Å². The van der Waals surface area contributed by atoms with Crippen LogP contribution in [-0.4, -0.2) is 18.8 Å². The molecular weight excluding hydrogens is 446 g/mol. The van der Waals surface area contributed by atoms with Crippen molar-refractivity contribution >= 4 is 17.4 Å². The average molecular weight is 490 g/mol. The second-order valence-electron chi connectivity index (χ2n) is 10.1. The number of ketones is 1. The highest BCUT2D eigenvalue weighted by Crippen LogP contribution is 2.33. The molecule has 1 fully saturated rings. The van der Waals surface area contributed by atoms with Crippen LogP contribution in [0.25, 0.3) is 0 Å². The van der Waals surface area contributed by atoms with Gasteiger partial charge in [0.25, 0.3) is 0 Å². The van der Waals surface area contributed by atoms with Gasteiger partial charge in [0.2, 0.25) is 5.91 Å². The molecule has 2 aliphatic carbocycles. The first-order valence-electron chi connectivity index (χ1n) is 13.3. The molecule has 0 aromatic heterocycles. The summed E-state index contributed by atoms with van der Waals surface area (Å²) in [6.07, 6.45) is 12.8. The van der Waals surface area contributed by atoms with Crippen molar-refractivity contribution in [2.45, 2.75) is 71.6 Å². The van der Waals surface area contributed by atoms with Crippen molar-refractivity contribution in [2.75, 3.05) is 12.4 Å². The molecule has 0 aliphatic heterocycles. The molecule has 194 valence electrons. The van der Waals surface area contributed by atoms with Gasteiger partial charge >= 0.3 is 0 Å². The molecule has 1 atom stereocenters. The molecule has 36 heavy (non-hydrogen) atoms. The first-order chi connectivity index (χ1) is 17.4. The lowest BCUT2D eigenvalue weighted by atomic mass is 9.82. The summed E-state index contributed by atoms with van der Waals surface area (Å²) in [4.78, 5) is 24.1. The van der Waals surface area contributed by atoms with Gasteiger partial charge in [0.15, 0.2) is 5.78 Å². The fourth-order valence-corrected chi connectivity index (χ4v) is 5.15. The summed E-state index contributed by atoms with van der Waals surface area (Å²) in [5.74, 6) is 2.29. The van der Waals surface area contributed by atoms with Crippen LogP contribution >= 0.6 is 0 Å². The third-order valence-corrected chi connectivity index (χ3v) is 7.51. The number of carbonyl (C=O) groups is 2. The summed E-state index contributed by atoms with van der Waals surface area (Å²) in [5, 5.41) is 3.09. The molecule has 1 saturated carbocycles. The Balaban J connectivity index is 0.000000291. The third kappa shape index (κ3) is 6.96. The van der Waals surface area contributed by atoms with E-state index in [1.54, 1.807) is 13.2 Å². The number of benzene rings is 2. The van der Waals surface area contributed by atoms with Crippen molar-refractivity contribution in [1.29, 1.82) is 0 Å². The predicted molar refractivity (Wildman–Crippen MR) is 151 cm³/mol. The highest BCUT2D eigenvalue weighted by Gasteiger charge is 2.24. The molecule has 0 spiro atoms. The fraction of sp³-hybridized carbons (Fsp3) is 0.438. The molecule has 1 N–H and O–H groups in total. The lowest BCUT2D eigenvalue weighted by Crippen LogP contribution is -2.26. The molecule has 2 aromatic carbocycles. The van der Waals surface area contributed by atoms with E-state index < -0.39 is 0 Å². The summed E-state index contributed by atoms with van der Waals surface area (Å²) in [6.45, 7) is 10.4. The van der Waals surface area contributed by atoms with Gasteiger partial charge in [-0.05, 0) is 93.2 Å². The van der Waals surface area contributed by atoms with Crippen LogP contribution in [0.1, 0.15) is 86.8 Å². The normalized spacial score (nSPS) is 19.7. The van der Waals surface area contributed by atoms with Crippen LogP contribution in [0.2, 0.25) is 0 Å². The van der Waals surface area contributed by atoms with E-state index in [1.165, 1.54) is 11.1 Å². The number of ether oxygens (including phenoxy) is 1. The largest absolute Gasteiger partial charge is 0.496 e. The van der Waals surface area contributed by atoms with Crippen LogP contribution < -0.4 is 10.1 Å². The van der Waals surface area contributed by atoms with Gasteiger partial charge in [-0.2, -0.15) is 0 Å². The number of aryl methyl sites for hydroxylation is 1. The fourth-order valence-electron chi connectivity index (χ4n) is 5.15. The zero-order valence-corrected chi connectivity index (χ0v) is 22.3. The lowest BCUT2D eigenvalue weighted by molar-refractivity contribution is -0.121. The monoisotopic (exact) mass is 489 g/mol. The molecule has 0 heterocycles. The molecule has 0 radical (unpaired) electrons. The van der Waals surface area contributed by atoms with E-state index in [-0.39, 0.29) is 25.0 Å². The number of amides is 1. The number of anilines is 1. The summed E-state index contributed by atoms with van der Waals surface area (Å²) < 4.78 is 5.46. The molecule has 2 aliphatic rings. The van der Waals surface area contributed by atoms with Crippen molar-refractivity contribution in [2.24, 2.45) is 11.8 Å². The van der Waals surface area contributed by atoms with Gasteiger partial charge in [0.05, 0.1) is 7.11 Å². The minimum absolute atomic E-state index is 0. The number of carbonyl (C=O) groups excluding carboxylic acids is 2. The van der Waals surface area contributed by atoms with Gasteiger partial charge in [-0.25, -0.2) is 0 Å². The van der Waals surface area contributed by atoms with Gasteiger partial charge in [-0.3, -0.25) is 9.59 Å². The van der Waals surface area contributed by atoms with Crippen LogP contribution in [0.4, 0.5) is 5.69 Å². The Hall–Kier alpha value is -3.14. The molecule has 0 bridgehead atoms. The smallest absolute Gasteiger partial charge is 0.227 e. The van der Waals surface area contributed by atoms with Crippen LogP contribution in [0.5, 0.6) is 5.75 Å². The Bertz CT molecular complexity index is 1100. The van der Waals surface area contributed by atoms with E-state index in [2.05, 4.69) is 38.7 Å². The maximum Gasteiger partial charge on any atom is 0.227 e. The summed E-state index contributed by atoms with van der Waals surface area (Å²) >= 11 is 0. The third-order valence-electron chi connectivity index (χ3n) is 7.51. The van der Waals surface area contributed by atoms with E-state index in [9.17, 15) is 9.59 Å². The first-order valence-corrected chi connectivity index (χ1v) is 13.3. The van der Waals surface area contributed by atoms with Crippen LogP contribution in [0.15, 0.2) is 61.2 Å². The number of fused-ring (bicyclic) bond motifs is 1. The van der Waals surface area contributed by atoms with E-state index in [0.717, 1.165) is 73.4 Å². The zero-order chi connectivity index (χ0) is 26.1. The quantitative estimate of drug-likeness (QED) is 0.417. The number of hydrogen-bond acceptors (Lipinski definition) is 3. The number of allylic oxidation sites excluding steroid dienone is 3. The van der Waals surface area contributed by atoms with Crippen molar-refractivity contribution in [1.82, 2.24) is 0 Å². The summed E-state index contributed by atoms with van der Waals surface area (Å²) in [5.41, 5.74) is 5.27. The van der Waals surface area contributed by atoms with Crippen molar-refractivity contribution in [3.05, 3.63) is 83.5 Å². The molecule has 4 heteroatoms. The SMILES string of the molecule is C=CC(CC)c1cc(NC(=O)C2CCC(C)CC2)ccc1OC.Cc1cccc2c1CCC=CC2=O.[HH]. The molecule has 4 rings (SSSR count). The predicted octanol–water partition coefficient (Wildman–Crippen LogP) is 8.07. The number of rotatable bonds is 6. The van der Waals surface area contributed by atoms with Crippen molar-refractivity contribution < 1.29 is 15.8 Å². The average Bonchev–Trinajstić information content (AvgIpc) is 3.08. The minimum Gasteiger partial charge on any atom is -0.496 e. The maximum atomic E-state index is 12.5. The molecule has 1 unspecified atom stereocenters. The Kier molecular flexibility index (Phi) is 10.1. The topological polar surface area (TPSA) is 55.4 Å². The Labute approximate surface area is 218 Å². The summed E-state index contributed by atoms with van der Waals surface area (Å²) in [6, 6.07) is 11.8. The minimum atomic E-state index is 0. The molecule has 2 aromatic rings. The maximum absolute atomic E-state index is 12.5. The molecule has 1 amide bonds. The van der Waals surface area contributed by atoms with Crippen LogP contribution in [0, 0.1) is 18.8 Å². The number of hydrogen-bond donors (Lipinski definition) is 1. The van der Waals surface area contributed by atoms with E-state index >= 15 is 0 Å². The first kappa shape index (κ1) is 27.4. The van der Waals surface area contributed by atoms with Gasteiger partial charge < -0.3 is 10.1 Å². The number of methoxy groups -OCH3 is 1. The van der Waals surface area contributed by atoms with E-state index in [4.69, 9.17) is 4.74 Å². The highest BCUT2D eigenvalue weighted by atomic mass is 16.5. The molecule has 0 saturated heterocycles. The standard InChI is InChI=1S/C20H29NO2.C12H12O.H2/c1-5-15(6-2)18-13-17(11-12-19(18)23-4)21-20(22)16-9-7-14(3)8-10-16;1-9-5-4-7-11-10(9)6-2-3-8-12(11)13;/h5,11-16H,1,6-10H2,2-4H3,(H,21,22);3-5,7-8H,2,6H2,1H3;1H. The second kappa shape index (κ2) is 13.2. The number of nitrogens with one attached hydrogen (secondary N) is 1. The Morgan fingerprint density at radius 3 is 2.64 bits per heavy atom. The molecular formula is C32H43NO3. The van der Waals surface area contributed by atoms with Crippen molar-refractivity contribution in [3.8, 4) is 5.75 Å². The van der Waals surface area contributed by atoms with Gasteiger partial charge in [-0.1, -0.05) is 44.2 Å². The highest BCUT2D eigenvalue weighted by molar-refractivity contribution is 6.06. The van der Waals surface area contributed by atoms with Gasteiger partial charge in [0.1, 0.15) is 5.75 Å².